The van der Waals surface area contributed by atoms with E-state index in [1.54, 1.807) is 7.11 Å². The third-order valence-corrected chi connectivity index (χ3v) is 2.26. The molecule has 0 rings (SSSR count). The van der Waals surface area contributed by atoms with Crippen LogP contribution in [-0.4, -0.2) is 18.8 Å². The molecule has 70 valence electrons. The predicted octanol–water partition coefficient (Wildman–Crippen LogP) is 1.54. The monoisotopic (exact) mass is 169 g/mol. The van der Waals surface area contributed by atoms with E-state index in [0.29, 0.717) is 0 Å². The number of methoxy groups -OCH3 is 1. The molecule has 0 heterocycles. The lowest BCUT2D eigenvalue weighted by Gasteiger charge is -2.29. The van der Waals surface area contributed by atoms with Gasteiger partial charge in [0.1, 0.15) is 0 Å². The number of hydrogen-bond acceptors (Lipinski definition) is 2. The number of rotatable bonds is 5. The van der Waals surface area contributed by atoms with Gasteiger partial charge in [-0.15, -0.1) is 12.3 Å². The summed E-state index contributed by atoms with van der Waals surface area (Å²) in [6.07, 6.45) is 7.83. The number of unbranched alkanes of at least 4 members (excludes halogenated alkanes) is 1. The topological polar surface area (TPSA) is 35.2 Å². The van der Waals surface area contributed by atoms with Crippen molar-refractivity contribution in [3.05, 3.63) is 0 Å². The van der Waals surface area contributed by atoms with E-state index in [1.807, 2.05) is 13.8 Å². The molecule has 0 aromatic heterocycles. The fourth-order valence-corrected chi connectivity index (χ4v) is 0.923. The molecular weight excluding hydrogens is 150 g/mol. The van der Waals surface area contributed by atoms with Gasteiger partial charge in [-0.05, 0) is 26.7 Å². The molecule has 2 heteroatoms. The highest BCUT2D eigenvalue weighted by atomic mass is 16.5. The van der Waals surface area contributed by atoms with E-state index in [0.717, 1.165) is 19.3 Å². The first-order valence-corrected chi connectivity index (χ1v) is 4.28. The second kappa shape index (κ2) is 5.18. The van der Waals surface area contributed by atoms with Crippen molar-refractivity contribution < 1.29 is 4.74 Å². The Balaban J connectivity index is 3.72. The van der Waals surface area contributed by atoms with Crippen LogP contribution in [0.3, 0.4) is 0 Å². The molecule has 0 aliphatic heterocycles. The third kappa shape index (κ3) is 3.75. The normalized spacial score (nSPS) is 13.9. The third-order valence-electron chi connectivity index (χ3n) is 2.26. The van der Waals surface area contributed by atoms with E-state index in [1.165, 1.54) is 0 Å². The summed E-state index contributed by atoms with van der Waals surface area (Å²) in [5, 5.41) is 0. The highest BCUT2D eigenvalue weighted by Crippen LogP contribution is 2.16. The SMILES string of the molecule is C#CCCCC(N)C(C)(C)OC. The summed E-state index contributed by atoms with van der Waals surface area (Å²) in [6.45, 7) is 3.99. The van der Waals surface area contributed by atoms with Crippen molar-refractivity contribution in [3.8, 4) is 12.3 Å². The molecule has 12 heavy (non-hydrogen) atoms. The lowest BCUT2D eigenvalue weighted by atomic mass is 9.95. The Bertz CT molecular complexity index is 158. The van der Waals surface area contributed by atoms with Crippen LogP contribution in [0.2, 0.25) is 0 Å². The van der Waals surface area contributed by atoms with E-state index in [4.69, 9.17) is 16.9 Å². The van der Waals surface area contributed by atoms with Crippen LogP contribution >= 0.6 is 0 Å². The van der Waals surface area contributed by atoms with Crippen LogP contribution in [0.1, 0.15) is 33.1 Å². The van der Waals surface area contributed by atoms with Gasteiger partial charge in [-0.2, -0.15) is 0 Å². The van der Waals surface area contributed by atoms with Crippen molar-refractivity contribution >= 4 is 0 Å². The van der Waals surface area contributed by atoms with Gasteiger partial charge in [0.05, 0.1) is 5.60 Å². The average Bonchev–Trinajstić information content (AvgIpc) is 2.05. The predicted molar refractivity (Wildman–Crippen MR) is 51.7 cm³/mol. The molecule has 0 aromatic rings. The summed E-state index contributed by atoms with van der Waals surface area (Å²) in [7, 11) is 1.68. The minimum absolute atomic E-state index is 0.0656. The molecule has 0 aromatic carbocycles. The summed E-state index contributed by atoms with van der Waals surface area (Å²) in [4.78, 5) is 0. The van der Waals surface area contributed by atoms with Crippen LogP contribution in [0.25, 0.3) is 0 Å². The van der Waals surface area contributed by atoms with Crippen LogP contribution in [0.15, 0.2) is 0 Å². The van der Waals surface area contributed by atoms with Gasteiger partial charge in [0, 0.05) is 19.6 Å². The average molecular weight is 169 g/mol. The van der Waals surface area contributed by atoms with E-state index in [9.17, 15) is 0 Å². The number of ether oxygens (including phenoxy) is 1. The Hall–Kier alpha value is -0.520. The molecule has 0 bridgehead atoms. The van der Waals surface area contributed by atoms with Gasteiger partial charge in [0.2, 0.25) is 0 Å². The highest BCUT2D eigenvalue weighted by Gasteiger charge is 2.24. The minimum atomic E-state index is -0.241. The molecular formula is C10H19NO. The number of terminal acetylenes is 1. The Morgan fingerprint density at radius 1 is 1.58 bits per heavy atom. The number of nitrogens with two attached hydrogens (primary N) is 1. The Morgan fingerprint density at radius 2 is 2.17 bits per heavy atom. The Kier molecular flexibility index (Phi) is 4.96. The van der Waals surface area contributed by atoms with Crippen LogP contribution in [0, 0.1) is 12.3 Å². The quantitative estimate of drug-likeness (QED) is 0.500. The van der Waals surface area contributed by atoms with Crippen molar-refractivity contribution in [2.45, 2.75) is 44.8 Å². The lowest BCUT2D eigenvalue weighted by Crippen LogP contribution is -2.44. The highest BCUT2D eigenvalue weighted by molar-refractivity contribution is 4.87. The summed E-state index contributed by atoms with van der Waals surface area (Å²) in [5.74, 6) is 2.60. The van der Waals surface area contributed by atoms with Gasteiger partial charge < -0.3 is 10.5 Å². The van der Waals surface area contributed by atoms with E-state index in [-0.39, 0.29) is 11.6 Å². The second-order valence-electron chi connectivity index (χ2n) is 3.51. The summed E-state index contributed by atoms with van der Waals surface area (Å²) in [6, 6.07) is 0.0656. The van der Waals surface area contributed by atoms with E-state index < -0.39 is 0 Å². The molecule has 0 saturated heterocycles. The van der Waals surface area contributed by atoms with Crippen molar-refractivity contribution in [1.29, 1.82) is 0 Å². The molecule has 2 N–H and O–H groups in total. The minimum Gasteiger partial charge on any atom is -0.377 e. The molecule has 0 fully saturated rings. The molecule has 1 unspecified atom stereocenters. The maximum absolute atomic E-state index is 5.91. The molecule has 0 saturated carbocycles. The second-order valence-corrected chi connectivity index (χ2v) is 3.51. The van der Waals surface area contributed by atoms with E-state index >= 15 is 0 Å². The largest absolute Gasteiger partial charge is 0.377 e. The first kappa shape index (κ1) is 11.5. The fourth-order valence-electron chi connectivity index (χ4n) is 0.923. The molecule has 2 nitrogen and oxygen atoms in total. The molecule has 0 amide bonds. The molecule has 0 spiro atoms. The van der Waals surface area contributed by atoms with Crippen molar-refractivity contribution in [1.82, 2.24) is 0 Å². The zero-order valence-electron chi connectivity index (χ0n) is 8.26. The van der Waals surface area contributed by atoms with Crippen LogP contribution in [0.5, 0.6) is 0 Å². The van der Waals surface area contributed by atoms with Crippen molar-refractivity contribution in [2.24, 2.45) is 5.73 Å². The van der Waals surface area contributed by atoms with Gasteiger partial charge in [0.15, 0.2) is 0 Å². The standard InChI is InChI=1S/C10H19NO/c1-5-6-7-8-9(11)10(2,3)12-4/h1,9H,6-8,11H2,2-4H3. The first-order valence-electron chi connectivity index (χ1n) is 4.28. The van der Waals surface area contributed by atoms with Gasteiger partial charge in [-0.3, -0.25) is 0 Å². The summed E-state index contributed by atoms with van der Waals surface area (Å²) >= 11 is 0. The fraction of sp³-hybridized carbons (Fsp3) is 0.800. The van der Waals surface area contributed by atoms with Crippen molar-refractivity contribution in [2.75, 3.05) is 7.11 Å². The van der Waals surface area contributed by atoms with Gasteiger partial charge in [0.25, 0.3) is 0 Å². The van der Waals surface area contributed by atoms with Crippen LogP contribution < -0.4 is 5.73 Å². The maximum atomic E-state index is 5.91. The molecule has 0 radical (unpaired) electrons. The number of hydrogen-bond donors (Lipinski definition) is 1. The van der Waals surface area contributed by atoms with Gasteiger partial charge >= 0.3 is 0 Å². The molecule has 0 aliphatic carbocycles. The maximum Gasteiger partial charge on any atom is 0.0772 e. The summed E-state index contributed by atoms with van der Waals surface area (Å²) < 4.78 is 5.25. The smallest absolute Gasteiger partial charge is 0.0772 e. The zero-order valence-corrected chi connectivity index (χ0v) is 8.26. The van der Waals surface area contributed by atoms with Crippen LogP contribution in [-0.2, 0) is 4.74 Å². The summed E-state index contributed by atoms with van der Waals surface area (Å²) in [5.41, 5.74) is 5.67. The van der Waals surface area contributed by atoms with Gasteiger partial charge in [-0.25, -0.2) is 0 Å². The molecule has 1 atom stereocenters. The van der Waals surface area contributed by atoms with E-state index in [2.05, 4.69) is 5.92 Å². The zero-order chi connectivity index (χ0) is 9.61. The Labute approximate surface area is 75.5 Å². The first-order chi connectivity index (χ1) is 5.54. The Morgan fingerprint density at radius 3 is 2.58 bits per heavy atom. The lowest BCUT2D eigenvalue weighted by molar-refractivity contribution is -0.00178. The van der Waals surface area contributed by atoms with Gasteiger partial charge in [-0.1, -0.05) is 0 Å². The molecule has 0 aliphatic rings. The van der Waals surface area contributed by atoms with Crippen LogP contribution in [0.4, 0.5) is 0 Å². The van der Waals surface area contributed by atoms with Crippen molar-refractivity contribution in [3.63, 3.8) is 0 Å².